The zero-order chi connectivity index (χ0) is 21.3. The van der Waals surface area contributed by atoms with Crippen LogP contribution in [0.25, 0.3) is 22.0 Å². The lowest BCUT2D eigenvalue weighted by atomic mass is 9.98. The predicted molar refractivity (Wildman–Crippen MR) is 117 cm³/mol. The quantitative estimate of drug-likeness (QED) is 0.520. The first kappa shape index (κ1) is 20.7. The van der Waals surface area contributed by atoms with Crippen molar-refractivity contribution in [3.05, 3.63) is 45.9 Å². The molecule has 156 valence electrons. The smallest absolute Gasteiger partial charge is 0.339 e. The number of anilines is 1. The van der Waals surface area contributed by atoms with Crippen LogP contribution < -0.4 is 10.6 Å². The lowest BCUT2D eigenvalue weighted by molar-refractivity contribution is -0.120. The summed E-state index contributed by atoms with van der Waals surface area (Å²) in [6.07, 6.45) is 1.81. The van der Waals surface area contributed by atoms with Gasteiger partial charge in [0.05, 0.1) is 29.1 Å². The van der Waals surface area contributed by atoms with Crippen LogP contribution >= 0.6 is 23.2 Å². The lowest BCUT2D eigenvalue weighted by Gasteiger charge is -2.21. The highest BCUT2D eigenvalue weighted by Crippen LogP contribution is 2.39. The fourth-order valence-electron chi connectivity index (χ4n) is 3.64. The number of esters is 1. The Bertz CT molecular complexity index is 1120. The second kappa shape index (κ2) is 8.63. The first-order valence-electron chi connectivity index (χ1n) is 9.56. The molecule has 0 unspecified atom stereocenters. The van der Waals surface area contributed by atoms with Crippen molar-refractivity contribution >= 4 is 51.8 Å². The molecular formula is C21H20Cl2N4O3. The Morgan fingerprint density at radius 2 is 2.07 bits per heavy atom. The Kier molecular flexibility index (Phi) is 5.94. The van der Waals surface area contributed by atoms with Gasteiger partial charge in [0, 0.05) is 22.5 Å². The normalized spacial score (nSPS) is 16.4. The highest BCUT2D eigenvalue weighted by Gasteiger charge is 2.23. The van der Waals surface area contributed by atoms with Crippen LogP contribution in [0.3, 0.4) is 0 Å². The van der Waals surface area contributed by atoms with Gasteiger partial charge in [-0.1, -0.05) is 29.3 Å². The van der Waals surface area contributed by atoms with E-state index < -0.39 is 5.97 Å². The largest absolute Gasteiger partial charge is 0.465 e. The third kappa shape index (κ3) is 3.88. The minimum atomic E-state index is -0.545. The van der Waals surface area contributed by atoms with E-state index in [0.717, 1.165) is 30.3 Å². The van der Waals surface area contributed by atoms with Gasteiger partial charge in [0.1, 0.15) is 0 Å². The van der Waals surface area contributed by atoms with E-state index in [2.05, 4.69) is 20.8 Å². The summed E-state index contributed by atoms with van der Waals surface area (Å²) in [7, 11) is 1.29. The number of nitrogens with zero attached hydrogens (tertiary/aromatic N) is 1. The number of carbonyl (C=O) groups excluding carboxylic acids is 2. The molecule has 4 rings (SSSR count). The molecule has 1 atom stereocenters. The van der Waals surface area contributed by atoms with E-state index in [9.17, 15) is 9.59 Å². The van der Waals surface area contributed by atoms with Crippen molar-refractivity contribution in [2.75, 3.05) is 25.5 Å². The Morgan fingerprint density at radius 1 is 1.23 bits per heavy atom. The topological polar surface area (TPSA) is 96.1 Å². The van der Waals surface area contributed by atoms with E-state index >= 15 is 0 Å². The minimum absolute atomic E-state index is 0.0650. The molecule has 1 fully saturated rings. The van der Waals surface area contributed by atoms with Crippen LogP contribution in [0.1, 0.15) is 23.2 Å². The second-order valence-electron chi connectivity index (χ2n) is 7.14. The number of hydrogen-bond donors (Lipinski definition) is 3. The number of carbonyl (C=O) groups is 2. The summed E-state index contributed by atoms with van der Waals surface area (Å²) in [5, 5.41) is 14.7. The van der Waals surface area contributed by atoms with Crippen molar-refractivity contribution in [1.82, 2.24) is 15.5 Å². The summed E-state index contributed by atoms with van der Waals surface area (Å²) in [6.45, 7) is 1.59. The number of aromatic nitrogens is 2. The highest BCUT2D eigenvalue weighted by atomic mass is 35.5. The van der Waals surface area contributed by atoms with E-state index in [1.807, 2.05) is 18.2 Å². The van der Waals surface area contributed by atoms with Gasteiger partial charge in [0.25, 0.3) is 0 Å². The fourth-order valence-corrected chi connectivity index (χ4v) is 4.31. The molecule has 0 spiro atoms. The van der Waals surface area contributed by atoms with Crippen LogP contribution in [0.15, 0.2) is 30.3 Å². The first-order chi connectivity index (χ1) is 14.5. The molecule has 0 radical (unpaired) electrons. The number of halogens is 2. The molecule has 3 N–H and O–H groups in total. The molecule has 0 saturated carbocycles. The number of aromatic amines is 1. The average molecular weight is 447 g/mol. The molecule has 2 heterocycles. The number of H-pyrrole nitrogens is 1. The molecule has 1 aliphatic heterocycles. The summed E-state index contributed by atoms with van der Waals surface area (Å²) in [6, 6.07) is 8.62. The number of rotatable bonds is 4. The summed E-state index contributed by atoms with van der Waals surface area (Å²) in [4.78, 5) is 24.6. The number of benzene rings is 2. The van der Waals surface area contributed by atoms with Gasteiger partial charge in [-0.25, -0.2) is 4.79 Å². The van der Waals surface area contributed by atoms with Crippen molar-refractivity contribution in [2.45, 2.75) is 12.8 Å². The molecule has 1 aromatic heterocycles. The van der Waals surface area contributed by atoms with Gasteiger partial charge in [-0.15, -0.1) is 0 Å². The maximum absolute atomic E-state index is 12.6. The molecule has 3 aromatic rings. The van der Waals surface area contributed by atoms with Gasteiger partial charge in [-0.05, 0) is 49.2 Å². The molecule has 1 amide bonds. The first-order valence-corrected chi connectivity index (χ1v) is 10.3. The molecule has 9 heteroatoms. The van der Waals surface area contributed by atoms with E-state index in [-0.39, 0.29) is 22.4 Å². The Balaban J connectivity index is 1.71. The molecular weight excluding hydrogens is 427 g/mol. The Morgan fingerprint density at radius 3 is 2.80 bits per heavy atom. The van der Waals surface area contributed by atoms with Crippen LogP contribution in [-0.2, 0) is 9.53 Å². The van der Waals surface area contributed by atoms with Gasteiger partial charge < -0.3 is 15.4 Å². The SMILES string of the molecule is COC(=O)c1ccc(Cl)c(-c2ccc3[nH]nc(NC(=O)[C@@H]4CCCNC4)c3c2)c1Cl. The standard InChI is InChI=1S/C21H20Cl2N4O3/c1-30-21(29)13-5-6-15(22)17(18(13)23)11-4-7-16-14(9-11)19(27-26-16)25-20(28)12-3-2-8-24-10-12/h4-7,9,12,24H,2-3,8,10H2,1H3,(H2,25,26,27,28)/t12-/m1/s1. The lowest BCUT2D eigenvalue weighted by Crippen LogP contribution is -2.37. The molecule has 7 nitrogen and oxygen atoms in total. The number of hydrogen-bond acceptors (Lipinski definition) is 5. The van der Waals surface area contributed by atoms with E-state index in [1.54, 1.807) is 6.07 Å². The molecule has 2 aromatic carbocycles. The van der Waals surface area contributed by atoms with Gasteiger partial charge >= 0.3 is 5.97 Å². The van der Waals surface area contributed by atoms with E-state index in [4.69, 9.17) is 27.9 Å². The van der Waals surface area contributed by atoms with Gasteiger partial charge in [0.2, 0.25) is 5.91 Å². The molecule has 0 bridgehead atoms. The second-order valence-corrected chi connectivity index (χ2v) is 7.93. The number of nitrogens with one attached hydrogen (secondary N) is 3. The third-order valence-corrected chi connectivity index (χ3v) is 5.96. The van der Waals surface area contributed by atoms with Crippen LogP contribution in [0, 0.1) is 5.92 Å². The number of ether oxygens (including phenoxy) is 1. The molecule has 30 heavy (non-hydrogen) atoms. The number of piperidine rings is 1. The zero-order valence-electron chi connectivity index (χ0n) is 16.2. The van der Waals surface area contributed by atoms with Crippen LogP contribution in [-0.4, -0.2) is 42.3 Å². The summed E-state index contributed by atoms with van der Waals surface area (Å²) >= 11 is 12.9. The van der Waals surface area contributed by atoms with Crippen LogP contribution in [0.5, 0.6) is 0 Å². The maximum atomic E-state index is 12.6. The van der Waals surface area contributed by atoms with Crippen LogP contribution in [0.2, 0.25) is 10.0 Å². The molecule has 1 saturated heterocycles. The highest BCUT2D eigenvalue weighted by molar-refractivity contribution is 6.41. The van der Waals surface area contributed by atoms with Crippen molar-refractivity contribution in [3.63, 3.8) is 0 Å². The van der Waals surface area contributed by atoms with E-state index in [1.165, 1.54) is 13.2 Å². The molecule has 0 aliphatic carbocycles. The third-order valence-electron chi connectivity index (χ3n) is 5.26. The number of amides is 1. The predicted octanol–water partition coefficient (Wildman–Crippen LogP) is 4.26. The van der Waals surface area contributed by atoms with Crippen molar-refractivity contribution in [3.8, 4) is 11.1 Å². The zero-order valence-corrected chi connectivity index (χ0v) is 17.7. The number of fused-ring (bicyclic) bond motifs is 1. The average Bonchev–Trinajstić information content (AvgIpc) is 3.16. The van der Waals surface area contributed by atoms with Gasteiger partial charge in [-0.2, -0.15) is 5.10 Å². The van der Waals surface area contributed by atoms with E-state index in [0.29, 0.717) is 28.5 Å². The summed E-state index contributed by atoms with van der Waals surface area (Å²) < 4.78 is 4.79. The maximum Gasteiger partial charge on any atom is 0.339 e. The van der Waals surface area contributed by atoms with Gasteiger partial charge in [-0.3, -0.25) is 9.89 Å². The van der Waals surface area contributed by atoms with Crippen molar-refractivity contribution in [2.24, 2.45) is 5.92 Å². The Labute approximate surface area is 183 Å². The summed E-state index contributed by atoms with van der Waals surface area (Å²) in [5.41, 5.74) is 2.19. The monoisotopic (exact) mass is 446 g/mol. The summed E-state index contributed by atoms with van der Waals surface area (Å²) in [5.74, 6) is -0.255. The minimum Gasteiger partial charge on any atom is -0.465 e. The van der Waals surface area contributed by atoms with Gasteiger partial charge in [0.15, 0.2) is 5.82 Å². The molecule has 1 aliphatic rings. The van der Waals surface area contributed by atoms with Crippen LogP contribution in [0.4, 0.5) is 5.82 Å². The fraction of sp³-hybridized carbons (Fsp3) is 0.286. The van der Waals surface area contributed by atoms with Crippen molar-refractivity contribution < 1.29 is 14.3 Å². The van der Waals surface area contributed by atoms with Crippen molar-refractivity contribution in [1.29, 1.82) is 0 Å². The Hall–Kier alpha value is -2.61. The number of methoxy groups -OCH3 is 1.